The van der Waals surface area contributed by atoms with Crippen LogP contribution >= 0.6 is 22.9 Å². The number of fused-ring (bicyclic) bond motifs is 1. The minimum atomic E-state index is -1.04. The molecule has 2 aromatic heterocycles. The van der Waals surface area contributed by atoms with Gasteiger partial charge < -0.3 is 19.0 Å². The van der Waals surface area contributed by atoms with Crippen LogP contribution in [-0.4, -0.2) is 36.0 Å². The van der Waals surface area contributed by atoms with Gasteiger partial charge in [-0.25, -0.2) is 4.98 Å². The Morgan fingerprint density at radius 1 is 1.12 bits per heavy atom. The monoisotopic (exact) mass is 496 g/mol. The maximum absolute atomic E-state index is 13.3. The first kappa shape index (κ1) is 22.0. The Balaban J connectivity index is 1.73. The number of amides is 1. The smallest absolute Gasteiger partial charge is 0.302 e. The molecule has 4 aromatic rings. The number of aliphatic hydroxyl groups is 1. The minimum absolute atomic E-state index is 0.132. The van der Waals surface area contributed by atoms with Crippen molar-refractivity contribution in [3.63, 3.8) is 0 Å². The maximum atomic E-state index is 13.3. The van der Waals surface area contributed by atoms with Crippen molar-refractivity contribution in [3.05, 3.63) is 76.7 Å². The molecule has 10 heteroatoms. The molecule has 0 spiro atoms. The zero-order valence-electron chi connectivity index (χ0n) is 17.9. The van der Waals surface area contributed by atoms with Crippen LogP contribution in [0.3, 0.4) is 0 Å². The summed E-state index contributed by atoms with van der Waals surface area (Å²) in [5.74, 6) is -1.34. The van der Waals surface area contributed by atoms with Crippen LogP contribution in [0, 0.1) is 0 Å². The van der Waals surface area contributed by atoms with E-state index in [9.17, 15) is 14.7 Å². The van der Waals surface area contributed by atoms with Gasteiger partial charge >= 0.3 is 5.91 Å². The molecule has 172 valence electrons. The molecule has 1 amide bonds. The first-order valence-corrected chi connectivity index (χ1v) is 11.3. The quantitative estimate of drug-likeness (QED) is 0.230. The van der Waals surface area contributed by atoms with Crippen LogP contribution in [0.1, 0.15) is 17.4 Å². The number of carbonyl (C=O) groups is 2. The second kappa shape index (κ2) is 8.51. The molecule has 0 aliphatic carbocycles. The van der Waals surface area contributed by atoms with Gasteiger partial charge in [-0.15, -0.1) is 0 Å². The van der Waals surface area contributed by atoms with Crippen LogP contribution in [0.5, 0.6) is 11.5 Å². The second-order valence-corrected chi connectivity index (χ2v) is 8.75. The number of Topliss-reactive ketones (excluding diaryl/α,β-unsaturated/α-hetero) is 1. The topological polar surface area (TPSA) is 102 Å². The fraction of sp³-hybridized carbons (Fsp3) is 0.125. The van der Waals surface area contributed by atoms with Crippen LogP contribution in [0.4, 0.5) is 5.13 Å². The lowest BCUT2D eigenvalue weighted by molar-refractivity contribution is -0.132. The summed E-state index contributed by atoms with van der Waals surface area (Å²) < 4.78 is 17.0. The van der Waals surface area contributed by atoms with E-state index < -0.39 is 23.5 Å². The number of ether oxygens (including phenoxy) is 2. The van der Waals surface area contributed by atoms with Crippen molar-refractivity contribution in [2.24, 2.45) is 0 Å². The van der Waals surface area contributed by atoms with E-state index in [2.05, 4.69) is 4.98 Å². The molecule has 0 saturated carbocycles. The molecule has 5 rings (SSSR count). The third-order valence-electron chi connectivity index (χ3n) is 5.47. The molecule has 0 radical (unpaired) electrons. The number of ketones is 1. The standard InChI is InChI=1S/C24H17ClN2O6S/c1-31-16-11-17(32-2)13(25)10-12(16)21(28)19-20(15-7-5-9-33-15)27(23(30)22(19)29)24-26-14-6-3-4-8-18(14)34-24/h3-11,20,28H,1-2H3/b21-19+. The Kier molecular flexibility index (Phi) is 5.51. The number of para-hydroxylation sites is 1. The minimum Gasteiger partial charge on any atom is -0.507 e. The lowest BCUT2D eigenvalue weighted by Crippen LogP contribution is -2.29. The van der Waals surface area contributed by atoms with Crippen LogP contribution in [0.15, 0.2) is 64.8 Å². The Bertz CT molecular complexity index is 1430. The number of aliphatic hydroxyl groups excluding tert-OH is 1. The van der Waals surface area contributed by atoms with Gasteiger partial charge in [0.05, 0.1) is 46.9 Å². The first-order chi connectivity index (χ1) is 16.4. The Morgan fingerprint density at radius 2 is 1.88 bits per heavy atom. The molecular weight excluding hydrogens is 480 g/mol. The van der Waals surface area contributed by atoms with Crippen molar-refractivity contribution in [2.75, 3.05) is 19.1 Å². The average Bonchev–Trinajstić information content (AvgIpc) is 3.57. The Morgan fingerprint density at radius 3 is 2.56 bits per heavy atom. The number of rotatable bonds is 5. The average molecular weight is 497 g/mol. The summed E-state index contributed by atoms with van der Waals surface area (Å²) in [6, 6.07) is 12.5. The predicted molar refractivity (Wildman–Crippen MR) is 128 cm³/mol. The van der Waals surface area contributed by atoms with Gasteiger partial charge in [-0.2, -0.15) is 0 Å². The molecule has 8 nitrogen and oxygen atoms in total. The van der Waals surface area contributed by atoms with Crippen LogP contribution in [-0.2, 0) is 9.59 Å². The van der Waals surface area contributed by atoms with Gasteiger partial charge in [0.1, 0.15) is 29.1 Å². The fourth-order valence-electron chi connectivity index (χ4n) is 3.90. The van der Waals surface area contributed by atoms with Gasteiger partial charge in [0.25, 0.3) is 5.78 Å². The Hall–Kier alpha value is -3.82. The van der Waals surface area contributed by atoms with E-state index in [4.69, 9.17) is 25.5 Å². The number of methoxy groups -OCH3 is 2. The third kappa shape index (κ3) is 3.41. The summed E-state index contributed by atoms with van der Waals surface area (Å²) >= 11 is 7.54. The van der Waals surface area contributed by atoms with Crippen molar-refractivity contribution in [1.29, 1.82) is 0 Å². The second-order valence-electron chi connectivity index (χ2n) is 7.34. The van der Waals surface area contributed by atoms with Gasteiger partial charge in [0, 0.05) is 6.07 Å². The molecule has 1 saturated heterocycles. The fourth-order valence-corrected chi connectivity index (χ4v) is 5.13. The van der Waals surface area contributed by atoms with Crippen molar-refractivity contribution in [2.45, 2.75) is 6.04 Å². The number of nitrogens with zero attached hydrogens (tertiary/aromatic N) is 2. The van der Waals surface area contributed by atoms with Crippen molar-refractivity contribution >= 4 is 55.7 Å². The molecular formula is C24H17ClN2O6S. The molecule has 1 unspecified atom stereocenters. The van der Waals surface area contributed by atoms with E-state index in [-0.39, 0.29) is 21.9 Å². The number of hydrogen-bond donors (Lipinski definition) is 1. The summed E-state index contributed by atoms with van der Waals surface area (Å²) in [4.78, 5) is 32.3. The van der Waals surface area contributed by atoms with Crippen molar-refractivity contribution < 1.29 is 28.6 Å². The summed E-state index contributed by atoms with van der Waals surface area (Å²) in [5.41, 5.74) is 0.650. The summed E-state index contributed by atoms with van der Waals surface area (Å²) in [7, 11) is 2.85. The highest BCUT2D eigenvalue weighted by Crippen LogP contribution is 2.46. The zero-order chi connectivity index (χ0) is 24.0. The molecule has 1 fully saturated rings. The number of carbonyl (C=O) groups excluding carboxylic acids is 2. The number of benzene rings is 2. The SMILES string of the molecule is COc1cc(OC)c(/C(O)=C2\C(=O)C(=O)N(c3nc4ccccc4s3)C2c2ccco2)cc1Cl. The molecule has 1 atom stereocenters. The highest BCUT2D eigenvalue weighted by molar-refractivity contribution is 7.22. The van der Waals surface area contributed by atoms with E-state index in [1.165, 1.54) is 48.9 Å². The summed E-state index contributed by atoms with van der Waals surface area (Å²) in [6.07, 6.45) is 1.43. The molecule has 34 heavy (non-hydrogen) atoms. The molecule has 1 N–H and O–H groups in total. The van der Waals surface area contributed by atoms with E-state index in [0.29, 0.717) is 22.2 Å². The first-order valence-electron chi connectivity index (χ1n) is 10.1. The van der Waals surface area contributed by atoms with Gasteiger partial charge in [0.15, 0.2) is 5.13 Å². The number of furan rings is 1. The van der Waals surface area contributed by atoms with Gasteiger partial charge in [-0.3, -0.25) is 14.5 Å². The van der Waals surface area contributed by atoms with E-state index in [0.717, 1.165) is 4.70 Å². The molecule has 1 aliphatic heterocycles. The lowest BCUT2D eigenvalue weighted by atomic mass is 9.98. The normalized spacial score (nSPS) is 17.5. The van der Waals surface area contributed by atoms with Crippen molar-refractivity contribution in [1.82, 2.24) is 4.98 Å². The van der Waals surface area contributed by atoms with Gasteiger partial charge in [0.2, 0.25) is 0 Å². The van der Waals surface area contributed by atoms with Crippen LogP contribution in [0.25, 0.3) is 16.0 Å². The van der Waals surface area contributed by atoms with Crippen LogP contribution in [0.2, 0.25) is 5.02 Å². The molecule has 3 heterocycles. The largest absolute Gasteiger partial charge is 0.507 e. The lowest BCUT2D eigenvalue weighted by Gasteiger charge is -2.21. The number of anilines is 1. The van der Waals surface area contributed by atoms with E-state index in [1.807, 2.05) is 24.3 Å². The molecule has 2 aromatic carbocycles. The molecule has 1 aliphatic rings. The number of hydrogen-bond acceptors (Lipinski definition) is 8. The van der Waals surface area contributed by atoms with E-state index in [1.54, 1.807) is 12.1 Å². The highest BCUT2D eigenvalue weighted by Gasteiger charge is 2.49. The highest BCUT2D eigenvalue weighted by atomic mass is 35.5. The van der Waals surface area contributed by atoms with Crippen LogP contribution < -0.4 is 14.4 Å². The van der Waals surface area contributed by atoms with Crippen molar-refractivity contribution in [3.8, 4) is 11.5 Å². The summed E-state index contributed by atoms with van der Waals surface area (Å²) in [5, 5.41) is 11.8. The molecule has 0 bridgehead atoms. The third-order valence-corrected chi connectivity index (χ3v) is 6.81. The maximum Gasteiger partial charge on any atom is 0.302 e. The predicted octanol–water partition coefficient (Wildman–Crippen LogP) is 5.19. The summed E-state index contributed by atoms with van der Waals surface area (Å²) in [6.45, 7) is 0. The zero-order valence-corrected chi connectivity index (χ0v) is 19.5. The van der Waals surface area contributed by atoms with Gasteiger partial charge in [-0.1, -0.05) is 35.1 Å². The number of halogens is 1. The van der Waals surface area contributed by atoms with E-state index >= 15 is 0 Å². The number of thiazole rings is 1. The Labute approximate surface area is 202 Å². The van der Waals surface area contributed by atoms with Gasteiger partial charge in [-0.05, 0) is 30.3 Å². The number of aromatic nitrogens is 1.